The first-order valence-electron chi connectivity index (χ1n) is 7.29. The summed E-state index contributed by atoms with van der Waals surface area (Å²) >= 11 is 0. The lowest BCUT2D eigenvalue weighted by Gasteiger charge is -2.63. The minimum Gasteiger partial charge on any atom is -0.330 e. The third kappa shape index (κ3) is 1.47. The van der Waals surface area contributed by atoms with Crippen molar-refractivity contribution in [3.63, 3.8) is 0 Å². The molecule has 92 valence electrons. The van der Waals surface area contributed by atoms with Crippen molar-refractivity contribution < 1.29 is 0 Å². The Morgan fingerprint density at radius 1 is 1.19 bits per heavy atom. The fourth-order valence-corrected chi connectivity index (χ4v) is 6.13. The summed E-state index contributed by atoms with van der Waals surface area (Å²) in [5.74, 6) is 2.90. The fraction of sp³-hybridized carbons (Fsp3) is 1.00. The van der Waals surface area contributed by atoms with Crippen molar-refractivity contribution in [2.24, 2.45) is 34.3 Å². The molecule has 3 unspecified atom stereocenters. The second-order valence-electron chi connectivity index (χ2n) is 7.47. The SMILES string of the molecule is CCC(CN)C12CC3CC(CC(C)(C3)C1)C2. The van der Waals surface area contributed by atoms with E-state index in [-0.39, 0.29) is 0 Å². The Kier molecular flexibility index (Phi) is 2.41. The third-order valence-corrected chi connectivity index (χ3v) is 6.04. The topological polar surface area (TPSA) is 26.0 Å². The van der Waals surface area contributed by atoms with Gasteiger partial charge in [-0.05, 0) is 73.7 Å². The summed E-state index contributed by atoms with van der Waals surface area (Å²) in [5, 5.41) is 0. The Morgan fingerprint density at radius 3 is 2.25 bits per heavy atom. The van der Waals surface area contributed by atoms with Crippen molar-refractivity contribution >= 4 is 0 Å². The minimum absolute atomic E-state index is 0.655. The smallest absolute Gasteiger partial charge is 0.00436 e. The van der Waals surface area contributed by atoms with E-state index in [1.807, 2.05) is 0 Å². The van der Waals surface area contributed by atoms with Crippen LogP contribution in [0.25, 0.3) is 0 Å². The van der Waals surface area contributed by atoms with Crippen LogP contribution in [0.2, 0.25) is 0 Å². The highest BCUT2D eigenvalue weighted by Gasteiger charge is 2.57. The maximum absolute atomic E-state index is 6.05. The van der Waals surface area contributed by atoms with Gasteiger partial charge >= 0.3 is 0 Å². The summed E-state index contributed by atoms with van der Waals surface area (Å²) in [4.78, 5) is 0. The highest BCUT2D eigenvalue weighted by Crippen LogP contribution is 2.67. The maximum Gasteiger partial charge on any atom is -0.00436 e. The molecule has 4 bridgehead atoms. The summed E-state index contributed by atoms with van der Waals surface area (Å²) in [6, 6.07) is 0. The lowest BCUT2D eigenvalue weighted by molar-refractivity contribution is -0.128. The highest BCUT2D eigenvalue weighted by atomic mass is 14.7. The van der Waals surface area contributed by atoms with E-state index in [0.717, 1.165) is 24.3 Å². The van der Waals surface area contributed by atoms with E-state index >= 15 is 0 Å². The van der Waals surface area contributed by atoms with Gasteiger partial charge in [0.2, 0.25) is 0 Å². The summed E-state index contributed by atoms with van der Waals surface area (Å²) in [5.41, 5.74) is 7.39. The molecule has 3 atom stereocenters. The zero-order chi connectivity index (χ0) is 11.4. The van der Waals surface area contributed by atoms with Gasteiger partial charge in [0.1, 0.15) is 0 Å². The molecular formula is C15H27N. The molecule has 0 amide bonds. The van der Waals surface area contributed by atoms with Crippen LogP contribution < -0.4 is 5.73 Å². The van der Waals surface area contributed by atoms with Crippen LogP contribution in [-0.4, -0.2) is 6.54 Å². The van der Waals surface area contributed by atoms with Crippen molar-refractivity contribution in [3.05, 3.63) is 0 Å². The molecule has 4 saturated carbocycles. The average molecular weight is 221 g/mol. The average Bonchev–Trinajstić information content (AvgIpc) is 2.14. The molecule has 0 spiro atoms. The van der Waals surface area contributed by atoms with Crippen LogP contribution in [-0.2, 0) is 0 Å². The highest BCUT2D eigenvalue weighted by molar-refractivity contribution is 5.08. The van der Waals surface area contributed by atoms with E-state index in [0.29, 0.717) is 10.8 Å². The first-order valence-corrected chi connectivity index (χ1v) is 7.29. The molecule has 4 aliphatic carbocycles. The summed E-state index contributed by atoms with van der Waals surface area (Å²) in [6.45, 7) is 5.83. The van der Waals surface area contributed by atoms with Crippen molar-refractivity contribution in [2.75, 3.05) is 6.54 Å². The maximum atomic E-state index is 6.05. The number of rotatable bonds is 3. The molecule has 4 rings (SSSR count). The quantitative estimate of drug-likeness (QED) is 0.774. The Bertz CT molecular complexity index is 265. The van der Waals surface area contributed by atoms with Crippen molar-refractivity contribution in [2.45, 2.75) is 58.8 Å². The molecule has 0 aliphatic heterocycles. The van der Waals surface area contributed by atoms with E-state index in [4.69, 9.17) is 5.73 Å². The molecule has 0 radical (unpaired) electrons. The fourth-order valence-electron chi connectivity index (χ4n) is 6.13. The molecule has 0 aromatic carbocycles. The van der Waals surface area contributed by atoms with Gasteiger partial charge in [0.15, 0.2) is 0 Å². The van der Waals surface area contributed by atoms with E-state index in [1.165, 1.54) is 38.5 Å². The molecule has 2 N–H and O–H groups in total. The Balaban J connectivity index is 1.91. The second-order valence-corrected chi connectivity index (χ2v) is 7.47. The van der Waals surface area contributed by atoms with Crippen LogP contribution in [0, 0.1) is 28.6 Å². The van der Waals surface area contributed by atoms with E-state index in [9.17, 15) is 0 Å². The van der Waals surface area contributed by atoms with Gasteiger partial charge in [0.05, 0.1) is 0 Å². The molecule has 1 nitrogen and oxygen atoms in total. The van der Waals surface area contributed by atoms with Crippen LogP contribution in [0.15, 0.2) is 0 Å². The Morgan fingerprint density at radius 2 is 1.81 bits per heavy atom. The summed E-state index contributed by atoms with van der Waals surface area (Å²) in [7, 11) is 0. The summed E-state index contributed by atoms with van der Waals surface area (Å²) < 4.78 is 0. The molecule has 0 saturated heterocycles. The van der Waals surface area contributed by atoms with Gasteiger partial charge in [0.25, 0.3) is 0 Å². The van der Waals surface area contributed by atoms with Crippen molar-refractivity contribution in [3.8, 4) is 0 Å². The molecule has 0 heterocycles. The molecule has 0 aromatic heterocycles. The predicted octanol–water partition coefficient (Wildman–Crippen LogP) is 3.58. The third-order valence-electron chi connectivity index (χ3n) is 6.04. The molecular weight excluding hydrogens is 194 g/mol. The van der Waals surface area contributed by atoms with E-state index in [1.54, 1.807) is 6.42 Å². The minimum atomic E-state index is 0.655. The van der Waals surface area contributed by atoms with E-state index in [2.05, 4.69) is 13.8 Å². The predicted molar refractivity (Wildman–Crippen MR) is 68.1 cm³/mol. The second kappa shape index (κ2) is 3.48. The van der Waals surface area contributed by atoms with Gasteiger partial charge in [-0.25, -0.2) is 0 Å². The van der Waals surface area contributed by atoms with Crippen LogP contribution in [0.4, 0.5) is 0 Å². The van der Waals surface area contributed by atoms with Crippen molar-refractivity contribution in [1.29, 1.82) is 0 Å². The van der Waals surface area contributed by atoms with Gasteiger partial charge in [-0.15, -0.1) is 0 Å². The normalized spacial score (nSPS) is 51.9. The zero-order valence-corrected chi connectivity index (χ0v) is 11.0. The lowest BCUT2D eigenvalue weighted by Crippen LogP contribution is -2.54. The number of nitrogens with two attached hydrogens (primary N) is 1. The first kappa shape index (κ1) is 11.1. The van der Waals surface area contributed by atoms with Crippen molar-refractivity contribution in [1.82, 2.24) is 0 Å². The summed E-state index contributed by atoms with van der Waals surface area (Å²) in [6.07, 6.45) is 10.4. The van der Waals surface area contributed by atoms with Crippen LogP contribution >= 0.6 is 0 Å². The van der Waals surface area contributed by atoms with Gasteiger partial charge < -0.3 is 5.73 Å². The van der Waals surface area contributed by atoms with Gasteiger partial charge in [-0.2, -0.15) is 0 Å². The molecule has 4 aliphatic rings. The molecule has 0 aromatic rings. The number of hydrogen-bond donors (Lipinski definition) is 1. The molecule has 16 heavy (non-hydrogen) atoms. The standard InChI is InChI=1S/C15H27N/c1-3-13(9-16)15-7-11-4-12(8-15)6-14(2,5-11)10-15/h11-13H,3-10,16H2,1-2H3. The van der Waals surface area contributed by atoms with Crippen LogP contribution in [0.5, 0.6) is 0 Å². The van der Waals surface area contributed by atoms with Gasteiger partial charge in [0, 0.05) is 0 Å². The van der Waals surface area contributed by atoms with Crippen LogP contribution in [0.1, 0.15) is 58.8 Å². The van der Waals surface area contributed by atoms with Crippen LogP contribution in [0.3, 0.4) is 0 Å². The Hall–Kier alpha value is -0.0400. The molecule has 1 heteroatoms. The van der Waals surface area contributed by atoms with Gasteiger partial charge in [-0.1, -0.05) is 20.3 Å². The monoisotopic (exact) mass is 221 g/mol. The number of hydrogen-bond acceptors (Lipinski definition) is 1. The zero-order valence-electron chi connectivity index (χ0n) is 11.0. The van der Waals surface area contributed by atoms with Gasteiger partial charge in [-0.3, -0.25) is 0 Å². The largest absolute Gasteiger partial charge is 0.330 e. The lowest BCUT2D eigenvalue weighted by atomic mass is 9.42. The van der Waals surface area contributed by atoms with E-state index < -0.39 is 0 Å². The Labute approximate surface area is 100 Å². The molecule has 4 fully saturated rings. The first-order chi connectivity index (χ1) is 7.59.